The fourth-order valence-corrected chi connectivity index (χ4v) is 2.53. The number of nitrogens with zero attached hydrogens (tertiary/aromatic N) is 2. The monoisotopic (exact) mass is 233 g/mol. The number of aromatic carboxylic acids is 1. The van der Waals surface area contributed by atoms with E-state index in [1.54, 1.807) is 0 Å². The predicted molar refractivity (Wildman–Crippen MR) is 63.8 cm³/mol. The van der Waals surface area contributed by atoms with Crippen molar-refractivity contribution in [3.63, 3.8) is 0 Å². The zero-order chi connectivity index (χ0) is 11.2. The maximum absolute atomic E-state index is 10.7. The fourth-order valence-electron chi connectivity index (χ4n) is 1.61. The molecule has 0 saturated carbocycles. The average molecular weight is 233 g/mol. The molecule has 1 aliphatic rings. The number of carboxylic acid groups (broad SMARTS) is 1. The van der Waals surface area contributed by atoms with Gasteiger partial charge in [0.25, 0.3) is 0 Å². The van der Waals surface area contributed by atoms with Crippen LogP contribution in [0.25, 0.3) is 0 Å². The summed E-state index contributed by atoms with van der Waals surface area (Å²) in [7, 11) is 0. The summed E-state index contributed by atoms with van der Waals surface area (Å²) in [5.41, 5.74) is 1.05. The largest absolute Gasteiger partial charge is 0.476 e. The van der Waals surface area contributed by atoms with Crippen molar-refractivity contribution >= 4 is 36.2 Å². The first-order chi connectivity index (χ1) is 6.88. The molecule has 2 heterocycles. The molecule has 1 aromatic rings. The van der Waals surface area contributed by atoms with Crippen LogP contribution in [-0.4, -0.2) is 45.4 Å². The topological polar surface area (TPSA) is 53.4 Å². The van der Waals surface area contributed by atoms with Gasteiger partial charge >= 0.3 is 5.97 Å². The minimum atomic E-state index is -0.920. The van der Waals surface area contributed by atoms with Gasteiger partial charge in [0, 0.05) is 42.4 Å². The molecule has 1 aromatic heterocycles. The summed E-state index contributed by atoms with van der Waals surface area (Å²) >= 11 is 1.30. The molecule has 4 nitrogen and oxygen atoms in total. The molecule has 6 heteroatoms. The number of carboxylic acids is 1. The number of fused-ring (bicyclic) bond motifs is 1. The van der Waals surface area contributed by atoms with Gasteiger partial charge in [-0.15, -0.1) is 11.3 Å². The second-order valence-electron chi connectivity index (χ2n) is 4.72. The number of thiazole rings is 1. The molecule has 0 atom stereocenters. The SMILES string of the molecule is CC(C)(C)N1Cc2nc(C(=O)O)sc2C1.[Li]. The average Bonchev–Trinajstić information content (AvgIpc) is 2.55. The first-order valence-electron chi connectivity index (χ1n) is 4.85. The van der Waals surface area contributed by atoms with Crippen LogP contribution in [0.2, 0.25) is 0 Å². The van der Waals surface area contributed by atoms with Crippen molar-refractivity contribution in [1.29, 1.82) is 0 Å². The third-order valence-corrected chi connectivity index (χ3v) is 3.66. The van der Waals surface area contributed by atoms with Crippen LogP contribution in [0.1, 0.15) is 41.1 Å². The van der Waals surface area contributed by atoms with Gasteiger partial charge < -0.3 is 5.11 Å². The van der Waals surface area contributed by atoms with Gasteiger partial charge in [-0.1, -0.05) is 0 Å². The van der Waals surface area contributed by atoms with E-state index >= 15 is 0 Å². The van der Waals surface area contributed by atoms with Crippen LogP contribution in [0, 0.1) is 0 Å². The molecule has 1 aliphatic heterocycles. The van der Waals surface area contributed by atoms with Crippen molar-refractivity contribution in [2.45, 2.75) is 39.4 Å². The Morgan fingerprint density at radius 1 is 1.44 bits per heavy atom. The maximum Gasteiger partial charge on any atom is 0.365 e. The first-order valence-corrected chi connectivity index (χ1v) is 5.66. The number of rotatable bonds is 1. The van der Waals surface area contributed by atoms with E-state index < -0.39 is 5.97 Å². The standard InChI is InChI=1S/C10H14N2O2S.Li/c1-10(2,3)12-4-6-7(5-12)15-8(11-6)9(13)14;/h4-5H2,1-3H3,(H,13,14);. The minimum Gasteiger partial charge on any atom is -0.476 e. The second-order valence-corrected chi connectivity index (χ2v) is 5.80. The van der Waals surface area contributed by atoms with Gasteiger partial charge in [-0.3, -0.25) is 4.90 Å². The van der Waals surface area contributed by atoms with Gasteiger partial charge in [-0.2, -0.15) is 0 Å². The van der Waals surface area contributed by atoms with Crippen molar-refractivity contribution in [1.82, 2.24) is 9.88 Å². The van der Waals surface area contributed by atoms with Crippen LogP contribution in [0.5, 0.6) is 0 Å². The van der Waals surface area contributed by atoms with Crippen LogP contribution in [0.4, 0.5) is 0 Å². The molecule has 0 bridgehead atoms. The Hall–Kier alpha value is -0.343. The van der Waals surface area contributed by atoms with Gasteiger partial charge in [0.1, 0.15) is 0 Å². The number of hydrogen-bond acceptors (Lipinski definition) is 4. The van der Waals surface area contributed by atoms with Gasteiger partial charge in [-0.25, -0.2) is 9.78 Å². The summed E-state index contributed by atoms with van der Waals surface area (Å²) in [4.78, 5) is 18.2. The zero-order valence-corrected chi connectivity index (χ0v) is 10.9. The molecule has 0 unspecified atom stereocenters. The first kappa shape index (κ1) is 13.7. The zero-order valence-electron chi connectivity index (χ0n) is 10.1. The Morgan fingerprint density at radius 3 is 2.50 bits per heavy atom. The van der Waals surface area contributed by atoms with E-state index in [1.807, 2.05) is 0 Å². The molecule has 2 rings (SSSR count). The molecule has 0 amide bonds. The Balaban J connectivity index is 0.00000128. The molecule has 0 aliphatic carbocycles. The van der Waals surface area contributed by atoms with Crippen molar-refractivity contribution < 1.29 is 9.90 Å². The number of aromatic nitrogens is 1. The number of carbonyl (C=O) groups is 1. The Kier molecular flexibility index (Phi) is 3.86. The number of hydrogen-bond donors (Lipinski definition) is 1. The maximum atomic E-state index is 10.7. The van der Waals surface area contributed by atoms with Gasteiger partial charge in [0.15, 0.2) is 0 Å². The van der Waals surface area contributed by atoms with Crippen LogP contribution < -0.4 is 0 Å². The third-order valence-electron chi connectivity index (χ3n) is 2.58. The minimum absolute atomic E-state index is 0. The van der Waals surface area contributed by atoms with Crippen molar-refractivity contribution in [2.75, 3.05) is 0 Å². The van der Waals surface area contributed by atoms with Crippen molar-refractivity contribution in [3.05, 3.63) is 15.6 Å². The molecule has 16 heavy (non-hydrogen) atoms. The molecule has 0 aromatic carbocycles. The molecular weight excluding hydrogens is 219 g/mol. The normalized spacial score (nSPS) is 15.7. The van der Waals surface area contributed by atoms with Crippen LogP contribution >= 0.6 is 11.3 Å². The molecule has 0 fully saturated rings. The summed E-state index contributed by atoms with van der Waals surface area (Å²) in [6.07, 6.45) is 0. The van der Waals surface area contributed by atoms with E-state index in [4.69, 9.17) is 5.11 Å². The molecule has 0 spiro atoms. The second kappa shape index (κ2) is 4.50. The molecule has 0 saturated heterocycles. The van der Waals surface area contributed by atoms with Crippen molar-refractivity contribution in [2.24, 2.45) is 0 Å². The summed E-state index contributed by atoms with van der Waals surface area (Å²) in [6.45, 7) is 8.05. The van der Waals surface area contributed by atoms with Crippen LogP contribution in [-0.2, 0) is 13.1 Å². The fraction of sp³-hybridized carbons (Fsp3) is 0.600. The molecule has 1 radical (unpaired) electrons. The van der Waals surface area contributed by atoms with E-state index in [1.165, 1.54) is 11.3 Å². The Morgan fingerprint density at radius 2 is 2.06 bits per heavy atom. The predicted octanol–water partition coefficient (Wildman–Crippen LogP) is 1.57. The smallest absolute Gasteiger partial charge is 0.365 e. The van der Waals surface area contributed by atoms with Gasteiger partial charge in [-0.05, 0) is 20.8 Å². The van der Waals surface area contributed by atoms with E-state index in [9.17, 15) is 4.79 Å². The quantitative estimate of drug-likeness (QED) is 0.748. The Labute approximate surface area is 111 Å². The van der Waals surface area contributed by atoms with Gasteiger partial charge in [0.05, 0.1) is 5.69 Å². The van der Waals surface area contributed by atoms with E-state index in [0.717, 1.165) is 23.7 Å². The molecular formula is C10H14LiN2O2S. The summed E-state index contributed by atoms with van der Waals surface area (Å²) in [5, 5.41) is 9.02. The molecule has 1 N–H and O–H groups in total. The third kappa shape index (κ3) is 2.49. The Bertz CT molecular complexity index is 388. The summed E-state index contributed by atoms with van der Waals surface area (Å²) < 4.78 is 0. The van der Waals surface area contributed by atoms with Crippen LogP contribution in [0.15, 0.2) is 0 Å². The van der Waals surface area contributed by atoms with E-state index in [0.29, 0.717) is 0 Å². The van der Waals surface area contributed by atoms with E-state index in [2.05, 4.69) is 30.7 Å². The molecule has 83 valence electrons. The van der Waals surface area contributed by atoms with E-state index in [-0.39, 0.29) is 29.4 Å². The van der Waals surface area contributed by atoms with Crippen LogP contribution in [0.3, 0.4) is 0 Å². The van der Waals surface area contributed by atoms with Crippen molar-refractivity contribution in [3.8, 4) is 0 Å². The van der Waals surface area contributed by atoms with Gasteiger partial charge in [0.2, 0.25) is 5.01 Å². The summed E-state index contributed by atoms with van der Waals surface area (Å²) in [5.74, 6) is -0.920. The summed E-state index contributed by atoms with van der Waals surface area (Å²) in [6, 6.07) is 0.